The predicted octanol–water partition coefficient (Wildman–Crippen LogP) is 2.86. The van der Waals surface area contributed by atoms with Crippen molar-refractivity contribution in [3.8, 4) is 5.75 Å². The zero-order chi connectivity index (χ0) is 14.5. The standard InChI is InChI=1S/C14H15BrN2O3/c1-9-13(10(2)20-17-9)14(18)16-6-7-19-12-5-3-4-11(15)8-12/h3-5,8H,6-7H2,1-2H3,(H,16,18). The summed E-state index contributed by atoms with van der Waals surface area (Å²) in [4.78, 5) is 11.9. The van der Waals surface area contributed by atoms with Gasteiger partial charge in [-0.1, -0.05) is 27.2 Å². The van der Waals surface area contributed by atoms with Crippen LogP contribution >= 0.6 is 15.9 Å². The first-order valence-corrected chi connectivity index (χ1v) is 6.96. The Morgan fingerprint density at radius 3 is 2.90 bits per heavy atom. The molecule has 0 radical (unpaired) electrons. The molecule has 6 heteroatoms. The first-order chi connectivity index (χ1) is 9.58. The van der Waals surface area contributed by atoms with E-state index in [9.17, 15) is 4.79 Å². The number of carbonyl (C=O) groups is 1. The van der Waals surface area contributed by atoms with Gasteiger partial charge in [0.2, 0.25) is 0 Å². The Morgan fingerprint density at radius 2 is 2.25 bits per heavy atom. The van der Waals surface area contributed by atoms with E-state index in [1.165, 1.54) is 0 Å². The topological polar surface area (TPSA) is 64.4 Å². The number of halogens is 1. The van der Waals surface area contributed by atoms with E-state index in [0.717, 1.165) is 10.2 Å². The zero-order valence-corrected chi connectivity index (χ0v) is 12.9. The number of nitrogens with zero attached hydrogens (tertiary/aromatic N) is 1. The maximum atomic E-state index is 11.9. The minimum absolute atomic E-state index is 0.195. The monoisotopic (exact) mass is 338 g/mol. The van der Waals surface area contributed by atoms with E-state index in [1.54, 1.807) is 13.8 Å². The molecule has 2 aromatic rings. The molecule has 0 saturated heterocycles. The molecule has 0 aliphatic heterocycles. The van der Waals surface area contributed by atoms with Gasteiger partial charge in [-0.3, -0.25) is 4.79 Å². The molecule has 0 saturated carbocycles. The minimum atomic E-state index is -0.195. The van der Waals surface area contributed by atoms with Crippen LogP contribution in [0.1, 0.15) is 21.8 Å². The van der Waals surface area contributed by atoms with Gasteiger partial charge in [0.1, 0.15) is 23.7 Å². The van der Waals surface area contributed by atoms with Crippen LogP contribution < -0.4 is 10.1 Å². The molecule has 0 aliphatic carbocycles. The van der Waals surface area contributed by atoms with Crippen molar-refractivity contribution in [3.63, 3.8) is 0 Å². The maximum absolute atomic E-state index is 11.9. The Hall–Kier alpha value is -1.82. The van der Waals surface area contributed by atoms with Crippen molar-refractivity contribution in [2.24, 2.45) is 0 Å². The second-order valence-electron chi connectivity index (χ2n) is 4.26. The van der Waals surface area contributed by atoms with Gasteiger partial charge in [0.25, 0.3) is 5.91 Å². The molecule has 0 unspecified atom stereocenters. The summed E-state index contributed by atoms with van der Waals surface area (Å²) in [5, 5.41) is 6.53. The van der Waals surface area contributed by atoms with Crippen molar-refractivity contribution in [3.05, 3.63) is 45.8 Å². The van der Waals surface area contributed by atoms with Crippen molar-refractivity contribution in [1.29, 1.82) is 0 Å². The SMILES string of the molecule is Cc1noc(C)c1C(=O)NCCOc1cccc(Br)c1. The highest BCUT2D eigenvalue weighted by Gasteiger charge is 2.16. The van der Waals surface area contributed by atoms with Crippen LogP contribution in [0.15, 0.2) is 33.3 Å². The molecular weight excluding hydrogens is 324 g/mol. The molecule has 1 heterocycles. The molecule has 0 aliphatic rings. The van der Waals surface area contributed by atoms with Crippen molar-refractivity contribution in [2.75, 3.05) is 13.2 Å². The lowest BCUT2D eigenvalue weighted by atomic mass is 10.2. The minimum Gasteiger partial charge on any atom is -0.492 e. The molecule has 1 aromatic carbocycles. The van der Waals surface area contributed by atoms with E-state index in [0.29, 0.717) is 30.2 Å². The molecular formula is C14H15BrN2O3. The number of aromatic nitrogens is 1. The Morgan fingerprint density at radius 1 is 1.45 bits per heavy atom. The summed E-state index contributed by atoms with van der Waals surface area (Å²) in [7, 11) is 0. The lowest BCUT2D eigenvalue weighted by Crippen LogP contribution is -2.28. The molecule has 106 valence electrons. The lowest BCUT2D eigenvalue weighted by molar-refractivity contribution is 0.0945. The normalized spacial score (nSPS) is 10.3. The second-order valence-corrected chi connectivity index (χ2v) is 5.18. The van der Waals surface area contributed by atoms with Gasteiger partial charge in [0.05, 0.1) is 12.2 Å². The fourth-order valence-corrected chi connectivity index (χ4v) is 2.16. The number of carbonyl (C=O) groups excluding carboxylic acids is 1. The van der Waals surface area contributed by atoms with Gasteiger partial charge in [0.15, 0.2) is 0 Å². The third-order valence-corrected chi connectivity index (χ3v) is 3.21. The highest BCUT2D eigenvalue weighted by molar-refractivity contribution is 9.10. The van der Waals surface area contributed by atoms with Crippen molar-refractivity contribution >= 4 is 21.8 Å². The van der Waals surface area contributed by atoms with Crippen LogP contribution in [0.25, 0.3) is 0 Å². The number of nitrogens with one attached hydrogen (secondary N) is 1. The summed E-state index contributed by atoms with van der Waals surface area (Å²) in [5.74, 6) is 1.08. The maximum Gasteiger partial charge on any atom is 0.256 e. The van der Waals surface area contributed by atoms with E-state index in [-0.39, 0.29) is 5.91 Å². The Labute approximate surface area is 125 Å². The molecule has 0 bridgehead atoms. The number of amides is 1. The fourth-order valence-electron chi connectivity index (χ4n) is 1.79. The second kappa shape index (κ2) is 6.56. The quantitative estimate of drug-likeness (QED) is 0.851. The highest BCUT2D eigenvalue weighted by atomic mass is 79.9. The van der Waals surface area contributed by atoms with Crippen molar-refractivity contribution in [2.45, 2.75) is 13.8 Å². The summed E-state index contributed by atoms with van der Waals surface area (Å²) in [6, 6.07) is 7.55. The fraction of sp³-hybridized carbons (Fsp3) is 0.286. The van der Waals surface area contributed by atoms with Crippen LogP contribution in [0.5, 0.6) is 5.75 Å². The molecule has 0 atom stereocenters. The number of aryl methyl sites for hydroxylation is 2. The van der Waals surface area contributed by atoms with Crippen LogP contribution in [-0.2, 0) is 0 Å². The molecule has 0 spiro atoms. The van der Waals surface area contributed by atoms with Gasteiger partial charge in [-0.15, -0.1) is 0 Å². The van der Waals surface area contributed by atoms with E-state index in [2.05, 4.69) is 26.4 Å². The lowest BCUT2D eigenvalue weighted by Gasteiger charge is -2.07. The van der Waals surface area contributed by atoms with Crippen molar-refractivity contribution < 1.29 is 14.1 Å². The largest absolute Gasteiger partial charge is 0.492 e. The predicted molar refractivity (Wildman–Crippen MR) is 77.9 cm³/mol. The van der Waals surface area contributed by atoms with Gasteiger partial charge >= 0.3 is 0 Å². The average molecular weight is 339 g/mol. The Bertz CT molecular complexity index is 591. The van der Waals surface area contributed by atoms with Gasteiger partial charge in [-0.25, -0.2) is 0 Å². The summed E-state index contributed by atoms with van der Waals surface area (Å²) in [6.07, 6.45) is 0. The van der Waals surface area contributed by atoms with Crippen LogP contribution in [0.3, 0.4) is 0 Å². The zero-order valence-electron chi connectivity index (χ0n) is 11.3. The van der Waals surface area contributed by atoms with Gasteiger partial charge < -0.3 is 14.6 Å². The van der Waals surface area contributed by atoms with E-state index >= 15 is 0 Å². The molecule has 1 N–H and O–H groups in total. The summed E-state index contributed by atoms with van der Waals surface area (Å²) >= 11 is 3.37. The molecule has 1 amide bonds. The molecule has 1 aromatic heterocycles. The number of benzene rings is 1. The van der Waals surface area contributed by atoms with Crippen LogP contribution in [-0.4, -0.2) is 24.2 Å². The Balaban J connectivity index is 1.80. The van der Waals surface area contributed by atoms with Crippen LogP contribution in [0.4, 0.5) is 0 Å². The summed E-state index contributed by atoms with van der Waals surface area (Å²) in [5.41, 5.74) is 1.08. The van der Waals surface area contributed by atoms with E-state index in [1.807, 2.05) is 24.3 Å². The molecule has 2 rings (SSSR count). The smallest absolute Gasteiger partial charge is 0.256 e. The van der Waals surface area contributed by atoms with E-state index < -0.39 is 0 Å². The van der Waals surface area contributed by atoms with Crippen molar-refractivity contribution in [1.82, 2.24) is 10.5 Å². The molecule has 20 heavy (non-hydrogen) atoms. The number of hydrogen-bond donors (Lipinski definition) is 1. The van der Waals surface area contributed by atoms with Crippen LogP contribution in [0, 0.1) is 13.8 Å². The molecule has 5 nitrogen and oxygen atoms in total. The van der Waals surface area contributed by atoms with Gasteiger partial charge in [-0.05, 0) is 32.0 Å². The number of hydrogen-bond acceptors (Lipinski definition) is 4. The Kier molecular flexibility index (Phi) is 4.79. The van der Waals surface area contributed by atoms with Gasteiger partial charge in [-0.2, -0.15) is 0 Å². The van der Waals surface area contributed by atoms with Crippen LogP contribution in [0.2, 0.25) is 0 Å². The number of rotatable bonds is 5. The first kappa shape index (κ1) is 14.6. The third kappa shape index (κ3) is 3.60. The summed E-state index contributed by atoms with van der Waals surface area (Å²) < 4.78 is 11.4. The third-order valence-electron chi connectivity index (χ3n) is 2.71. The van der Waals surface area contributed by atoms with E-state index in [4.69, 9.17) is 9.26 Å². The number of ether oxygens (including phenoxy) is 1. The first-order valence-electron chi connectivity index (χ1n) is 6.17. The molecule has 0 fully saturated rings. The average Bonchev–Trinajstić information content (AvgIpc) is 2.74. The highest BCUT2D eigenvalue weighted by Crippen LogP contribution is 2.17. The van der Waals surface area contributed by atoms with Gasteiger partial charge in [0, 0.05) is 4.47 Å². The summed E-state index contributed by atoms with van der Waals surface area (Å²) in [6.45, 7) is 4.26.